The molecule has 0 spiro atoms. The lowest BCUT2D eigenvalue weighted by Crippen LogP contribution is -2.46. The Bertz CT molecular complexity index is 998. The first-order chi connectivity index (χ1) is 15.1. The summed E-state index contributed by atoms with van der Waals surface area (Å²) >= 11 is 1.40. The monoisotopic (exact) mass is 433 g/mol. The number of para-hydroxylation sites is 2. The summed E-state index contributed by atoms with van der Waals surface area (Å²) in [6.07, 6.45) is 0. The van der Waals surface area contributed by atoms with Crippen LogP contribution in [-0.4, -0.2) is 48.0 Å². The first kappa shape index (κ1) is 21.2. The highest BCUT2D eigenvalue weighted by Gasteiger charge is 2.18. The van der Waals surface area contributed by atoms with Crippen LogP contribution in [0.15, 0.2) is 65.7 Å². The van der Waals surface area contributed by atoms with Crippen LogP contribution in [-0.2, 0) is 4.79 Å². The van der Waals surface area contributed by atoms with E-state index in [1.54, 1.807) is 0 Å². The van der Waals surface area contributed by atoms with Crippen molar-refractivity contribution >= 4 is 34.9 Å². The summed E-state index contributed by atoms with van der Waals surface area (Å²) in [7, 11) is 0. The van der Waals surface area contributed by atoms with E-state index in [4.69, 9.17) is 0 Å². The van der Waals surface area contributed by atoms with E-state index in [0.717, 1.165) is 53.8 Å². The number of hydrogen-bond acceptors (Lipinski definition) is 6. The molecule has 1 amide bonds. The maximum atomic E-state index is 12.4. The quantitative estimate of drug-likeness (QED) is 0.589. The second-order valence-electron chi connectivity index (χ2n) is 7.64. The number of carbonyl (C=O) groups is 1. The Labute approximate surface area is 187 Å². The van der Waals surface area contributed by atoms with Gasteiger partial charge in [0.15, 0.2) is 5.82 Å². The van der Waals surface area contributed by atoms with Gasteiger partial charge in [0, 0.05) is 37.6 Å². The summed E-state index contributed by atoms with van der Waals surface area (Å²) in [5.74, 6) is 1.15. The number of carbonyl (C=O) groups excluding carboxylic acids is 1. The Balaban J connectivity index is 1.27. The van der Waals surface area contributed by atoms with Gasteiger partial charge in [-0.3, -0.25) is 4.79 Å². The van der Waals surface area contributed by atoms with Crippen LogP contribution in [0.4, 0.5) is 17.2 Å². The molecule has 3 aromatic rings. The van der Waals surface area contributed by atoms with Crippen molar-refractivity contribution in [1.82, 2.24) is 10.2 Å². The van der Waals surface area contributed by atoms with Gasteiger partial charge in [0.25, 0.3) is 0 Å². The molecule has 1 aliphatic heterocycles. The number of piperazine rings is 1. The van der Waals surface area contributed by atoms with Crippen LogP contribution in [0.5, 0.6) is 0 Å². The zero-order valence-corrected chi connectivity index (χ0v) is 18.7. The van der Waals surface area contributed by atoms with E-state index in [0.29, 0.717) is 5.75 Å². The van der Waals surface area contributed by atoms with Crippen molar-refractivity contribution in [3.63, 3.8) is 0 Å². The minimum absolute atomic E-state index is 0.0367. The summed E-state index contributed by atoms with van der Waals surface area (Å²) in [6.45, 7) is 7.74. The summed E-state index contributed by atoms with van der Waals surface area (Å²) in [5.41, 5.74) is 4.29. The van der Waals surface area contributed by atoms with Gasteiger partial charge in [-0.2, -0.15) is 0 Å². The second-order valence-corrected chi connectivity index (χ2v) is 8.64. The predicted molar refractivity (Wildman–Crippen MR) is 128 cm³/mol. The first-order valence-electron chi connectivity index (χ1n) is 10.5. The highest BCUT2D eigenvalue weighted by Crippen LogP contribution is 2.22. The number of aryl methyl sites for hydroxylation is 2. The normalized spacial score (nSPS) is 13.9. The molecule has 1 aromatic heterocycles. The van der Waals surface area contributed by atoms with E-state index in [-0.39, 0.29) is 5.91 Å². The molecule has 0 atom stereocenters. The lowest BCUT2D eigenvalue weighted by atomic mass is 10.1. The highest BCUT2D eigenvalue weighted by molar-refractivity contribution is 7.99. The van der Waals surface area contributed by atoms with Gasteiger partial charge in [-0.1, -0.05) is 48.2 Å². The van der Waals surface area contributed by atoms with Crippen molar-refractivity contribution in [3.8, 4) is 0 Å². The van der Waals surface area contributed by atoms with Crippen molar-refractivity contribution in [2.45, 2.75) is 18.9 Å². The molecule has 6 nitrogen and oxygen atoms in total. The molecule has 0 bridgehead atoms. The summed E-state index contributed by atoms with van der Waals surface area (Å²) < 4.78 is 0. The fourth-order valence-electron chi connectivity index (χ4n) is 3.72. The van der Waals surface area contributed by atoms with Crippen LogP contribution in [0.2, 0.25) is 0 Å². The molecule has 1 aliphatic rings. The Hall–Kier alpha value is -3.06. The van der Waals surface area contributed by atoms with E-state index in [1.165, 1.54) is 17.4 Å². The predicted octanol–water partition coefficient (Wildman–Crippen LogP) is 4.15. The fraction of sp³-hybridized carbons (Fsp3) is 0.292. The van der Waals surface area contributed by atoms with Gasteiger partial charge in [-0.15, -0.1) is 10.2 Å². The van der Waals surface area contributed by atoms with Gasteiger partial charge < -0.3 is 15.1 Å². The van der Waals surface area contributed by atoms with Crippen molar-refractivity contribution in [1.29, 1.82) is 0 Å². The van der Waals surface area contributed by atoms with E-state index >= 15 is 0 Å². The molecule has 0 unspecified atom stereocenters. The molecule has 4 rings (SSSR count). The van der Waals surface area contributed by atoms with Gasteiger partial charge in [0.2, 0.25) is 5.91 Å². The molecule has 1 N–H and O–H groups in total. The Kier molecular flexibility index (Phi) is 6.72. The molecule has 160 valence electrons. The first-order valence-corrected chi connectivity index (χ1v) is 11.5. The van der Waals surface area contributed by atoms with Crippen LogP contribution in [0.25, 0.3) is 0 Å². The minimum Gasteiger partial charge on any atom is -0.368 e. The number of thioether (sulfide) groups is 1. The number of anilines is 3. The van der Waals surface area contributed by atoms with Crippen molar-refractivity contribution in [2.24, 2.45) is 0 Å². The third-order valence-corrected chi connectivity index (χ3v) is 6.37. The Morgan fingerprint density at radius 3 is 2.19 bits per heavy atom. The third-order valence-electron chi connectivity index (χ3n) is 5.45. The largest absolute Gasteiger partial charge is 0.368 e. The third kappa shape index (κ3) is 5.35. The van der Waals surface area contributed by atoms with Gasteiger partial charge in [0.1, 0.15) is 5.03 Å². The molecule has 7 heteroatoms. The standard InChI is InChI=1S/C24H27N5OS/c1-18-7-6-8-19(2)24(18)25-22(30)17-31-23-12-11-21(26-27-23)29-15-13-28(14-16-29)20-9-4-3-5-10-20/h3-12H,13-17H2,1-2H3,(H,25,30). The molecular weight excluding hydrogens is 406 g/mol. The fourth-order valence-corrected chi connectivity index (χ4v) is 4.33. The van der Waals surface area contributed by atoms with Crippen molar-refractivity contribution in [2.75, 3.05) is 47.0 Å². The molecule has 31 heavy (non-hydrogen) atoms. The van der Waals surface area contributed by atoms with Gasteiger partial charge >= 0.3 is 0 Å². The molecule has 2 heterocycles. The van der Waals surface area contributed by atoms with Crippen LogP contribution >= 0.6 is 11.8 Å². The zero-order chi connectivity index (χ0) is 21.6. The summed E-state index contributed by atoms with van der Waals surface area (Å²) in [4.78, 5) is 17.0. The van der Waals surface area contributed by atoms with Crippen LogP contribution < -0.4 is 15.1 Å². The maximum absolute atomic E-state index is 12.4. The van der Waals surface area contributed by atoms with Crippen LogP contribution in [0.3, 0.4) is 0 Å². The average molecular weight is 434 g/mol. The SMILES string of the molecule is Cc1cccc(C)c1NC(=O)CSc1ccc(N2CCN(c3ccccc3)CC2)nn1. The van der Waals surface area contributed by atoms with Crippen molar-refractivity contribution < 1.29 is 4.79 Å². The van der Waals surface area contributed by atoms with Gasteiger partial charge in [-0.05, 0) is 49.2 Å². The molecule has 2 aromatic carbocycles. The summed E-state index contributed by atoms with van der Waals surface area (Å²) in [6, 6.07) is 20.4. The number of aromatic nitrogens is 2. The van der Waals surface area contributed by atoms with Crippen molar-refractivity contribution in [3.05, 3.63) is 71.8 Å². The lowest BCUT2D eigenvalue weighted by Gasteiger charge is -2.36. The number of benzene rings is 2. The average Bonchev–Trinajstić information content (AvgIpc) is 2.81. The van der Waals surface area contributed by atoms with E-state index in [2.05, 4.69) is 49.6 Å². The van der Waals surface area contributed by atoms with Gasteiger partial charge in [-0.25, -0.2) is 0 Å². The molecule has 0 saturated carbocycles. The number of amides is 1. The Morgan fingerprint density at radius 2 is 1.55 bits per heavy atom. The Morgan fingerprint density at radius 1 is 0.871 bits per heavy atom. The number of rotatable bonds is 6. The topological polar surface area (TPSA) is 61.4 Å². The highest BCUT2D eigenvalue weighted by atomic mass is 32.2. The second kappa shape index (κ2) is 9.83. The summed E-state index contributed by atoms with van der Waals surface area (Å²) in [5, 5.41) is 12.5. The number of nitrogens with zero attached hydrogens (tertiary/aromatic N) is 4. The molecule has 0 aliphatic carbocycles. The van der Waals surface area contributed by atoms with E-state index in [9.17, 15) is 4.79 Å². The number of hydrogen-bond donors (Lipinski definition) is 1. The zero-order valence-electron chi connectivity index (χ0n) is 17.9. The van der Waals surface area contributed by atoms with Crippen LogP contribution in [0.1, 0.15) is 11.1 Å². The smallest absolute Gasteiger partial charge is 0.234 e. The lowest BCUT2D eigenvalue weighted by molar-refractivity contribution is -0.113. The van der Waals surface area contributed by atoms with Crippen LogP contribution in [0, 0.1) is 13.8 Å². The molecule has 1 saturated heterocycles. The van der Waals surface area contributed by atoms with E-state index in [1.807, 2.05) is 50.2 Å². The maximum Gasteiger partial charge on any atom is 0.234 e. The molecule has 0 radical (unpaired) electrons. The minimum atomic E-state index is -0.0367. The molecule has 1 fully saturated rings. The van der Waals surface area contributed by atoms with E-state index < -0.39 is 0 Å². The number of nitrogens with one attached hydrogen (secondary N) is 1. The molecular formula is C24H27N5OS. The van der Waals surface area contributed by atoms with Gasteiger partial charge in [0.05, 0.1) is 5.75 Å².